The molecule has 1 aromatic carbocycles. The van der Waals surface area contributed by atoms with Gasteiger partial charge in [0.2, 0.25) is 0 Å². The highest BCUT2D eigenvalue weighted by Crippen LogP contribution is 2.17. The summed E-state index contributed by atoms with van der Waals surface area (Å²) in [7, 11) is 0. The van der Waals surface area contributed by atoms with Crippen LogP contribution in [0.5, 0.6) is 5.75 Å². The summed E-state index contributed by atoms with van der Waals surface area (Å²) in [5.41, 5.74) is 0. The van der Waals surface area contributed by atoms with Gasteiger partial charge in [0, 0.05) is 17.6 Å². The van der Waals surface area contributed by atoms with Crippen LogP contribution in [0.2, 0.25) is 0 Å². The van der Waals surface area contributed by atoms with E-state index in [0.29, 0.717) is 6.61 Å². The summed E-state index contributed by atoms with van der Waals surface area (Å²) in [6.45, 7) is 2.70. The van der Waals surface area contributed by atoms with Gasteiger partial charge in [0.1, 0.15) is 12.4 Å². The molecule has 0 aliphatic heterocycles. The van der Waals surface area contributed by atoms with Crippen molar-refractivity contribution in [2.24, 2.45) is 0 Å². The number of hydrogen-bond donors (Lipinski definition) is 2. The monoisotopic (exact) mass is 287 g/mol. The van der Waals surface area contributed by atoms with E-state index in [9.17, 15) is 0 Å². The van der Waals surface area contributed by atoms with Crippen molar-refractivity contribution >= 4 is 15.9 Å². The van der Waals surface area contributed by atoms with Crippen molar-refractivity contribution in [2.45, 2.75) is 12.8 Å². The van der Waals surface area contributed by atoms with Crippen LogP contribution in [-0.2, 0) is 0 Å². The number of aliphatic hydroxyl groups is 1. The Bertz CT molecular complexity index is 294. The second-order valence-corrected chi connectivity index (χ2v) is 4.40. The molecule has 0 spiro atoms. The molecule has 0 heterocycles. The van der Waals surface area contributed by atoms with Crippen molar-refractivity contribution in [2.75, 3.05) is 26.3 Å². The molecule has 2 N–H and O–H groups in total. The van der Waals surface area contributed by atoms with Gasteiger partial charge in [-0.2, -0.15) is 0 Å². The van der Waals surface area contributed by atoms with Crippen molar-refractivity contribution in [3.63, 3.8) is 0 Å². The average Bonchev–Trinajstić information content (AvgIpc) is 2.28. The fraction of sp³-hybridized carbons (Fsp3) is 0.500. The van der Waals surface area contributed by atoms with Crippen LogP contribution in [0.25, 0.3) is 0 Å². The molecular weight excluding hydrogens is 270 g/mol. The molecule has 0 saturated heterocycles. The Kier molecular flexibility index (Phi) is 7.21. The molecule has 0 amide bonds. The largest absolute Gasteiger partial charge is 0.492 e. The van der Waals surface area contributed by atoms with Gasteiger partial charge in [-0.05, 0) is 37.6 Å². The Labute approximate surface area is 105 Å². The van der Waals surface area contributed by atoms with Gasteiger partial charge in [0.15, 0.2) is 0 Å². The number of benzene rings is 1. The number of hydrogen-bond acceptors (Lipinski definition) is 3. The van der Waals surface area contributed by atoms with Gasteiger partial charge in [-0.15, -0.1) is 0 Å². The lowest BCUT2D eigenvalue weighted by molar-refractivity contribution is 0.281. The highest BCUT2D eigenvalue weighted by atomic mass is 79.9. The first-order valence-electron chi connectivity index (χ1n) is 5.53. The fourth-order valence-corrected chi connectivity index (χ4v) is 1.66. The highest BCUT2D eigenvalue weighted by Gasteiger charge is 1.94. The molecule has 90 valence electrons. The number of rotatable bonds is 8. The second-order valence-electron chi connectivity index (χ2n) is 3.49. The SMILES string of the molecule is OCCCCNCCOc1cccc(Br)c1. The number of ether oxygens (including phenoxy) is 1. The standard InChI is InChI=1S/C12H18BrNO2/c13-11-4-3-5-12(10-11)16-9-7-14-6-1-2-8-15/h3-5,10,14-15H,1-2,6-9H2. The molecular formula is C12H18BrNO2. The predicted octanol–water partition coefficient (Wildman–Crippen LogP) is 2.19. The molecule has 0 atom stereocenters. The van der Waals surface area contributed by atoms with Gasteiger partial charge >= 0.3 is 0 Å². The molecule has 4 heteroatoms. The number of aliphatic hydroxyl groups excluding tert-OH is 1. The first-order valence-corrected chi connectivity index (χ1v) is 6.32. The molecule has 0 saturated carbocycles. The van der Waals surface area contributed by atoms with E-state index in [1.54, 1.807) is 0 Å². The Hall–Kier alpha value is -0.580. The van der Waals surface area contributed by atoms with Crippen molar-refractivity contribution in [1.29, 1.82) is 0 Å². The lowest BCUT2D eigenvalue weighted by Gasteiger charge is -2.07. The van der Waals surface area contributed by atoms with E-state index in [1.165, 1.54) is 0 Å². The zero-order valence-electron chi connectivity index (χ0n) is 9.29. The van der Waals surface area contributed by atoms with Crippen molar-refractivity contribution in [3.05, 3.63) is 28.7 Å². The predicted molar refractivity (Wildman–Crippen MR) is 68.8 cm³/mol. The summed E-state index contributed by atoms with van der Waals surface area (Å²) in [5.74, 6) is 0.881. The second kappa shape index (κ2) is 8.56. The van der Waals surface area contributed by atoms with Crippen LogP contribution in [0.4, 0.5) is 0 Å². The van der Waals surface area contributed by atoms with E-state index in [2.05, 4.69) is 21.2 Å². The van der Waals surface area contributed by atoms with Gasteiger partial charge in [-0.1, -0.05) is 22.0 Å². The minimum Gasteiger partial charge on any atom is -0.492 e. The van der Waals surface area contributed by atoms with Crippen molar-refractivity contribution in [1.82, 2.24) is 5.32 Å². The molecule has 0 bridgehead atoms. The first kappa shape index (κ1) is 13.5. The maximum absolute atomic E-state index is 8.59. The summed E-state index contributed by atoms with van der Waals surface area (Å²) in [4.78, 5) is 0. The van der Waals surface area contributed by atoms with Crippen LogP contribution in [0.15, 0.2) is 28.7 Å². The summed E-state index contributed by atoms with van der Waals surface area (Å²) >= 11 is 3.39. The van der Waals surface area contributed by atoms with Crippen LogP contribution >= 0.6 is 15.9 Å². The van der Waals surface area contributed by atoms with Crippen LogP contribution in [-0.4, -0.2) is 31.4 Å². The van der Waals surface area contributed by atoms with Crippen LogP contribution in [0.3, 0.4) is 0 Å². The van der Waals surface area contributed by atoms with Crippen LogP contribution in [0, 0.1) is 0 Å². The quantitative estimate of drug-likeness (QED) is 0.721. The lowest BCUT2D eigenvalue weighted by Crippen LogP contribution is -2.22. The summed E-state index contributed by atoms with van der Waals surface area (Å²) < 4.78 is 6.58. The smallest absolute Gasteiger partial charge is 0.120 e. The Morgan fingerprint density at radius 3 is 2.88 bits per heavy atom. The normalized spacial score (nSPS) is 10.4. The Morgan fingerprint density at radius 1 is 1.25 bits per heavy atom. The molecule has 0 aliphatic carbocycles. The zero-order valence-corrected chi connectivity index (χ0v) is 10.9. The van der Waals surface area contributed by atoms with Crippen LogP contribution < -0.4 is 10.1 Å². The van der Waals surface area contributed by atoms with E-state index in [4.69, 9.17) is 9.84 Å². The average molecular weight is 288 g/mol. The summed E-state index contributed by atoms with van der Waals surface area (Å²) in [6, 6.07) is 7.82. The molecule has 0 aromatic heterocycles. The third kappa shape index (κ3) is 6.10. The third-order valence-electron chi connectivity index (χ3n) is 2.11. The fourth-order valence-electron chi connectivity index (χ4n) is 1.28. The van der Waals surface area contributed by atoms with E-state index in [-0.39, 0.29) is 6.61 Å². The Balaban J connectivity index is 2.03. The molecule has 1 rings (SSSR count). The molecule has 1 aromatic rings. The van der Waals surface area contributed by atoms with E-state index in [1.807, 2.05) is 24.3 Å². The minimum atomic E-state index is 0.274. The van der Waals surface area contributed by atoms with Crippen molar-refractivity contribution in [3.8, 4) is 5.75 Å². The zero-order chi connectivity index (χ0) is 11.6. The molecule has 0 unspecified atom stereocenters. The molecule has 0 aliphatic rings. The van der Waals surface area contributed by atoms with Crippen LogP contribution in [0.1, 0.15) is 12.8 Å². The van der Waals surface area contributed by atoms with E-state index >= 15 is 0 Å². The van der Waals surface area contributed by atoms with Gasteiger partial charge in [-0.3, -0.25) is 0 Å². The third-order valence-corrected chi connectivity index (χ3v) is 2.60. The topological polar surface area (TPSA) is 41.5 Å². The molecule has 16 heavy (non-hydrogen) atoms. The molecule has 3 nitrogen and oxygen atoms in total. The molecule has 0 fully saturated rings. The van der Waals surface area contributed by atoms with Gasteiger partial charge in [-0.25, -0.2) is 0 Å². The maximum Gasteiger partial charge on any atom is 0.120 e. The maximum atomic E-state index is 8.59. The van der Waals surface area contributed by atoms with Gasteiger partial charge in [0.25, 0.3) is 0 Å². The number of halogens is 1. The first-order chi connectivity index (χ1) is 7.83. The number of unbranched alkanes of at least 4 members (excludes halogenated alkanes) is 1. The minimum absolute atomic E-state index is 0.274. The number of nitrogens with one attached hydrogen (secondary N) is 1. The summed E-state index contributed by atoms with van der Waals surface area (Å²) in [6.07, 6.45) is 1.87. The van der Waals surface area contributed by atoms with Crippen molar-refractivity contribution < 1.29 is 9.84 Å². The molecule has 0 radical (unpaired) electrons. The van der Waals surface area contributed by atoms with Gasteiger partial charge in [0.05, 0.1) is 0 Å². The Morgan fingerprint density at radius 2 is 2.12 bits per heavy atom. The van der Waals surface area contributed by atoms with Gasteiger partial charge < -0.3 is 15.2 Å². The summed E-state index contributed by atoms with van der Waals surface area (Å²) in [5, 5.41) is 11.8. The highest BCUT2D eigenvalue weighted by molar-refractivity contribution is 9.10. The van der Waals surface area contributed by atoms with E-state index < -0.39 is 0 Å². The lowest BCUT2D eigenvalue weighted by atomic mass is 10.3. The van der Waals surface area contributed by atoms with E-state index in [0.717, 1.165) is 36.2 Å².